The molecule has 1 saturated heterocycles. The molecular weight excluding hydrogens is 326 g/mol. The number of nitrogens with one attached hydrogen (secondary N) is 1. The summed E-state index contributed by atoms with van der Waals surface area (Å²) in [5.74, 6) is 0.930. The van der Waals surface area contributed by atoms with Gasteiger partial charge in [-0.15, -0.1) is 0 Å². The van der Waals surface area contributed by atoms with Gasteiger partial charge < -0.3 is 10.2 Å². The average molecular weight is 349 g/mol. The van der Waals surface area contributed by atoms with Gasteiger partial charge in [-0.05, 0) is 43.5 Å². The van der Waals surface area contributed by atoms with Gasteiger partial charge in [0.25, 0.3) is 5.91 Å². The summed E-state index contributed by atoms with van der Waals surface area (Å²) in [6.45, 7) is 3.91. The lowest BCUT2D eigenvalue weighted by atomic mass is 10.0. The maximum atomic E-state index is 12.3. The van der Waals surface area contributed by atoms with Gasteiger partial charge >= 0.3 is 0 Å². The van der Waals surface area contributed by atoms with Crippen molar-refractivity contribution in [2.75, 3.05) is 18.0 Å². The van der Waals surface area contributed by atoms with Crippen LogP contribution in [0.1, 0.15) is 28.9 Å². The van der Waals surface area contributed by atoms with Crippen LogP contribution in [-0.2, 0) is 7.05 Å². The SMILES string of the molecule is Cc1cc(N2CCC(NC(=O)c3ccn(C)n3)CC2)nc2ccccc12. The van der Waals surface area contributed by atoms with Crippen LogP contribution in [-0.4, -0.2) is 39.8 Å². The van der Waals surface area contributed by atoms with E-state index >= 15 is 0 Å². The monoisotopic (exact) mass is 349 g/mol. The standard InChI is InChI=1S/C20H23N5O/c1-14-13-19(22-17-6-4-3-5-16(14)17)25-11-7-15(8-12-25)21-20(26)18-9-10-24(2)23-18/h3-6,9-10,13,15H,7-8,11-12H2,1-2H3,(H,21,26). The molecule has 1 aliphatic heterocycles. The Morgan fingerprint density at radius 3 is 2.69 bits per heavy atom. The molecule has 0 unspecified atom stereocenters. The number of aryl methyl sites for hydroxylation is 2. The van der Waals surface area contributed by atoms with Crippen LogP contribution in [0.2, 0.25) is 0 Å². The van der Waals surface area contributed by atoms with Crippen LogP contribution in [0.25, 0.3) is 10.9 Å². The number of benzene rings is 1. The molecular formula is C20H23N5O. The molecule has 0 saturated carbocycles. The van der Waals surface area contributed by atoms with Gasteiger partial charge in [0.2, 0.25) is 0 Å². The first kappa shape index (κ1) is 16.6. The summed E-state index contributed by atoms with van der Waals surface area (Å²) in [5.41, 5.74) is 2.76. The summed E-state index contributed by atoms with van der Waals surface area (Å²) >= 11 is 0. The number of fused-ring (bicyclic) bond motifs is 1. The van der Waals surface area contributed by atoms with Crippen molar-refractivity contribution in [1.82, 2.24) is 20.1 Å². The molecule has 0 radical (unpaired) electrons. The Morgan fingerprint density at radius 2 is 1.96 bits per heavy atom. The van der Waals surface area contributed by atoms with Gasteiger partial charge in [0.1, 0.15) is 11.5 Å². The Hall–Kier alpha value is -2.89. The number of nitrogens with zero attached hydrogens (tertiary/aromatic N) is 4. The minimum Gasteiger partial charge on any atom is -0.356 e. The molecule has 0 spiro atoms. The maximum absolute atomic E-state index is 12.3. The number of amides is 1. The average Bonchev–Trinajstić information content (AvgIpc) is 3.09. The molecule has 1 amide bonds. The van der Waals surface area contributed by atoms with Crippen molar-refractivity contribution >= 4 is 22.6 Å². The predicted octanol–water partition coefficient (Wildman–Crippen LogP) is 2.68. The van der Waals surface area contributed by atoms with Crippen LogP contribution in [0, 0.1) is 6.92 Å². The topological polar surface area (TPSA) is 63.1 Å². The van der Waals surface area contributed by atoms with Crippen molar-refractivity contribution in [3.63, 3.8) is 0 Å². The quantitative estimate of drug-likeness (QED) is 0.790. The fourth-order valence-corrected chi connectivity index (χ4v) is 3.54. The Labute approximate surface area is 152 Å². The highest BCUT2D eigenvalue weighted by atomic mass is 16.2. The zero-order chi connectivity index (χ0) is 18.1. The van der Waals surface area contributed by atoms with Gasteiger partial charge in [0, 0.05) is 37.8 Å². The second-order valence-corrected chi connectivity index (χ2v) is 6.92. The van der Waals surface area contributed by atoms with E-state index in [2.05, 4.69) is 40.4 Å². The highest BCUT2D eigenvalue weighted by Gasteiger charge is 2.23. The first-order valence-electron chi connectivity index (χ1n) is 9.02. The van der Waals surface area contributed by atoms with Crippen LogP contribution in [0.3, 0.4) is 0 Å². The summed E-state index contributed by atoms with van der Waals surface area (Å²) in [5, 5.41) is 8.46. The number of pyridine rings is 1. The first-order chi connectivity index (χ1) is 12.6. The molecule has 0 bridgehead atoms. The molecule has 0 aliphatic carbocycles. The fourth-order valence-electron chi connectivity index (χ4n) is 3.54. The number of piperidine rings is 1. The Balaban J connectivity index is 1.41. The molecule has 3 heterocycles. The molecule has 26 heavy (non-hydrogen) atoms. The van der Waals surface area contributed by atoms with Gasteiger partial charge in [0.15, 0.2) is 0 Å². The molecule has 1 N–H and O–H groups in total. The molecule has 0 atom stereocenters. The number of carbonyl (C=O) groups is 1. The lowest BCUT2D eigenvalue weighted by molar-refractivity contribution is 0.0925. The summed E-state index contributed by atoms with van der Waals surface area (Å²) in [6, 6.07) is 12.3. The minimum absolute atomic E-state index is 0.0938. The van der Waals surface area contributed by atoms with E-state index in [0.717, 1.165) is 37.3 Å². The largest absolute Gasteiger partial charge is 0.356 e. The van der Waals surface area contributed by atoms with E-state index in [9.17, 15) is 4.79 Å². The molecule has 1 aliphatic rings. The smallest absolute Gasteiger partial charge is 0.271 e. The lowest BCUT2D eigenvalue weighted by Crippen LogP contribution is -2.45. The second-order valence-electron chi connectivity index (χ2n) is 6.92. The molecule has 3 aromatic rings. The van der Waals surface area contributed by atoms with Gasteiger partial charge in [-0.3, -0.25) is 9.48 Å². The third kappa shape index (κ3) is 3.27. The van der Waals surface area contributed by atoms with Gasteiger partial charge in [-0.25, -0.2) is 4.98 Å². The number of carbonyl (C=O) groups excluding carboxylic acids is 1. The molecule has 4 rings (SSSR count). The summed E-state index contributed by atoms with van der Waals surface area (Å²) < 4.78 is 1.64. The minimum atomic E-state index is -0.0938. The Bertz CT molecular complexity index is 940. The third-order valence-electron chi connectivity index (χ3n) is 5.01. The van der Waals surface area contributed by atoms with E-state index in [0.29, 0.717) is 5.69 Å². The summed E-state index contributed by atoms with van der Waals surface area (Å²) in [4.78, 5) is 19.4. The lowest BCUT2D eigenvalue weighted by Gasteiger charge is -2.33. The van der Waals surface area contributed by atoms with E-state index in [1.807, 2.05) is 19.2 Å². The Kier molecular flexibility index (Phi) is 4.32. The van der Waals surface area contributed by atoms with Crippen molar-refractivity contribution in [1.29, 1.82) is 0 Å². The van der Waals surface area contributed by atoms with Gasteiger partial charge in [0.05, 0.1) is 5.52 Å². The van der Waals surface area contributed by atoms with E-state index in [1.54, 1.807) is 16.9 Å². The summed E-state index contributed by atoms with van der Waals surface area (Å²) in [6.07, 6.45) is 3.60. The number of hydrogen-bond donors (Lipinski definition) is 1. The third-order valence-corrected chi connectivity index (χ3v) is 5.01. The first-order valence-corrected chi connectivity index (χ1v) is 9.02. The van der Waals surface area contributed by atoms with Gasteiger partial charge in [-0.1, -0.05) is 18.2 Å². The Morgan fingerprint density at radius 1 is 1.19 bits per heavy atom. The zero-order valence-electron chi connectivity index (χ0n) is 15.1. The van der Waals surface area contributed by atoms with Crippen molar-refractivity contribution in [3.05, 3.63) is 53.9 Å². The van der Waals surface area contributed by atoms with E-state index < -0.39 is 0 Å². The van der Waals surface area contributed by atoms with Crippen molar-refractivity contribution in [2.24, 2.45) is 7.05 Å². The normalized spacial score (nSPS) is 15.4. The summed E-state index contributed by atoms with van der Waals surface area (Å²) in [7, 11) is 1.81. The van der Waals surface area contributed by atoms with Crippen LogP contribution in [0.15, 0.2) is 42.6 Å². The molecule has 2 aromatic heterocycles. The van der Waals surface area contributed by atoms with Crippen molar-refractivity contribution in [2.45, 2.75) is 25.8 Å². The van der Waals surface area contributed by atoms with Crippen LogP contribution in [0.4, 0.5) is 5.82 Å². The molecule has 6 nitrogen and oxygen atoms in total. The highest BCUT2D eigenvalue weighted by molar-refractivity contribution is 5.92. The fraction of sp³-hybridized carbons (Fsp3) is 0.350. The molecule has 1 fully saturated rings. The van der Waals surface area contributed by atoms with Crippen molar-refractivity contribution in [3.8, 4) is 0 Å². The molecule has 134 valence electrons. The van der Waals surface area contributed by atoms with E-state index in [4.69, 9.17) is 4.98 Å². The van der Waals surface area contributed by atoms with Crippen LogP contribution < -0.4 is 10.2 Å². The molecule has 1 aromatic carbocycles. The maximum Gasteiger partial charge on any atom is 0.271 e. The van der Waals surface area contributed by atoms with Crippen LogP contribution >= 0.6 is 0 Å². The number of anilines is 1. The van der Waals surface area contributed by atoms with Crippen molar-refractivity contribution < 1.29 is 4.79 Å². The predicted molar refractivity (Wildman–Crippen MR) is 102 cm³/mol. The number of aromatic nitrogens is 3. The number of hydrogen-bond acceptors (Lipinski definition) is 4. The second kappa shape index (κ2) is 6.78. The zero-order valence-corrected chi connectivity index (χ0v) is 15.1. The van der Waals surface area contributed by atoms with E-state index in [1.165, 1.54) is 10.9 Å². The highest BCUT2D eigenvalue weighted by Crippen LogP contribution is 2.24. The van der Waals surface area contributed by atoms with E-state index in [-0.39, 0.29) is 11.9 Å². The van der Waals surface area contributed by atoms with Gasteiger partial charge in [-0.2, -0.15) is 5.10 Å². The van der Waals surface area contributed by atoms with Crippen LogP contribution in [0.5, 0.6) is 0 Å². The number of para-hydroxylation sites is 1. The number of rotatable bonds is 3. The molecule has 6 heteroatoms.